The Morgan fingerprint density at radius 1 is 1.40 bits per heavy atom. The van der Waals surface area contributed by atoms with Crippen molar-refractivity contribution in [2.75, 3.05) is 6.54 Å². The Balaban J connectivity index is 2.89. The summed E-state index contributed by atoms with van der Waals surface area (Å²) in [5, 5.41) is 0. The lowest BCUT2D eigenvalue weighted by Gasteiger charge is -2.23. The van der Waals surface area contributed by atoms with Crippen LogP contribution in [0.25, 0.3) is 0 Å². The van der Waals surface area contributed by atoms with E-state index in [-0.39, 0.29) is 5.41 Å². The molecule has 0 aliphatic carbocycles. The molecule has 1 aromatic rings. The smallest absolute Gasteiger partial charge is 0.159 e. The molecule has 0 radical (unpaired) electrons. The highest BCUT2D eigenvalue weighted by atomic mass is 19.2. The highest BCUT2D eigenvalue weighted by molar-refractivity contribution is 5.20. The van der Waals surface area contributed by atoms with Crippen molar-refractivity contribution >= 4 is 0 Å². The monoisotopic (exact) mass is 211 g/mol. The molecule has 0 aliphatic heterocycles. The molecule has 1 unspecified atom stereocenters. The van der Waals surface area contributed by atoms with E-state index in [1.54, 1.807) is 12.1 Å². The predicted octanol–water partition coefficient (Wildman–Crippen LogP) is 2.66. The Kier molecular flexibility index (Phi) is 3.58. The highest BCUT2D eigenvalue weighted by Crippen LogP contribution is 2.23. The van der Waals surface area contributed by atoms with Gasteiger partial charge in [-0.25, -0.2) is 8.78 Å². The maximum Gasteiger partial charge on any atom is 0.159 e. The third-order valence-electron chi connectivity index (χ3n) is 2.55. The molecule has 82 valence electrons. The second-order valence-corrected chi connectivity index (χ2v) is 3.99. The van der Waals surface area contributed by atoms with Crippen LogP contribution in [-0.4, -0.2) is 6.54 Å². The van der Waals surface area contributed by atoms with Gasteiger partial charge in [0, 0.05) is 12.0 Å². The fourth-order valence-corrected chi connectivity index (χ4v) is 1.34. The summed E-state index contributed by atoms with van der Waals surface area (Å²) in [6.07, 6.45) is 2.30. The maximum absolute atomic E-state index is 12.9. The Labute approximate surface area is 88.6 Å². The number of hydrogen-bond acceptors (Lipinski definition) is 1. The van der Waals surface area contributed by atoms with Gasteiger partial charge in [-0.1, -0.05) is 19.1 Å². The van der Waals surface area contributed by atoms with Gasteiger partial charge in [0.1, 0.15) is 0 Å². The average molecular weight is 211 g/mol. The van der Waals surface area contributed by atoms with E-state index in [1.165, 1.54) is 6.07 Å². The lowest BCUT2D eigenvalue weighted by Crippen LogP contribution is -2.27. The molecule has 0 saturated heterocycles. The van der Waals surface area contributed by atoms with E-state index in [0.29, 0.717) is 13.0 Å². The van der Waals surface area contributed by atoms with E-state index in [9.17, 15) is 8.78 Å². The van der Waals surface area contributed by atoms with Crippen molar-refractivity contribution < 1.29 is 8.78 Å². The maximum atomic E-state index is 12.9. The fraction of sp³-hybridized carbons (Fsp3) is 0.333. The number of halogens is 2. The first-order valence-electron chi connectivity index (χ1n) is 4.78. The van der Waals surface area contributed by atoms with Gasteiger partial charge in [-0.05, 0) is 24.1 Å². The van der Waals surface area contributed by atoms with Gasteiger partial charge in [-0.2, -0.15) is 0 Å². The van der Waals surface area contributed by atoms with Crippen molar-refractivity contribution in [1.29, 1.82) is 0 Å². The molecule has 0 fully saturated rings. The Bertz CT molecular complexity index is 363. The lowest BCUT2D eigenvalue weighted by molar-refractivity contribution is 0.435. The van der Waals surface area contributed by atoms with Gasteiger partial charge in [0.05, 0.1) is 0 Å². The molecule has 0 saturated carbocycles. The summed E-state index contributed by atoms with van der Waals surface area (Å²) >= 11 is 0. The molecule has 1 atom stereocenters. The van der Waals surface area contributed by atoms with Gasteiger partial charge in [0.25, 0.3) is 0 Å². The fourth-order valence-electron chi connectivity index (χ4n) is 1.34. The molecular formula is C12H15F2N. The van der Waals surface area contributed by atoms with Gasteiger partial charge >= 0.3 is 0 Å². The van der Waals surface area contributed by atoms with Crippen LogP contribution in [0.4, 0.5) is 8.78 Å². The quantitative estimate of drug-likeness (QED) is 0.761. The summed E-state index contributed by atoms with van der Waals surface area (Å²) in [5.41, 5.74) is 6.04. The first-order chi connectivity index (χ1) is 7.00. The van der Waals surface area contributed by atoms with Crippen LogP contribution in [0.3, 0.4) is 0 Å². The van der Waals surface area contributed by atoms with Gasteiger partial charge in [0.15, 0.2) is 11.6 Å². The van der Waals surface area contributed by atoms with Crippen LogP contribution in [-0.2, 0) is 6.42 Å². The molecule has 3 heteroatoms. The van der Waals surface area contributed by atoms with Crippen LogP contribution < -0.4 is 5.73 Å². The van der Waals surface area contributed by atoms with Gasteiger partial charge in [-0.3, -0.25) is 0 Å². The molecule has 0 aliphatic rings. The largest absolute Gasteiger partial charge is 0.330 e. The molecule has 0 bridgehead atoms. The summed E-state index contributed by atoms with van der Waals surface area (Å²) in [4.78, 5) is 0. The van der Waals surface area contributed by atoms with Crippen LogP contribution in [0.2, 0.25) is 0 Å². The van der Waals surface area contributed by atoms with Crippen LogP contribution in [0.15, 0.2) is 30.9 Å². The third kappa shape index (κ3) is 2.86. The van der Waals surface area contributed by atoms with Crippen LogP contribution in [0.1, 0.15) is 12.5 Å². The Morgan fingerprint density at radius 3 is 2.53 bits per heavy atom. The molecule has 0 aromatic heterocycles. The predicted molar refractivity (Wildman–Crippen MR) is 57.4 cm³/mol. The SMILES string of the molecule is C=CC(C)(CN)Cc1ccc(F)c(F)c1. The molecule has 0 amide bonds. The topological polar surface area (TPSA) is 26.0 Å². The molecule has 15 heavy (non-hydrogen) atoms. The van der Waals surface area contributed by atoms with Crippen molar-refractivity contribution in [3.8, 4) is 0 Å². The zero-order valence-corrected chi connectivity index (χ0v) is 8.76. The summed E-state index contributed by atoms with van der Waals surface area (Å²) in [7, 11) is 0. The normalized spacial score (nSPS) is 14.7. The average Bonchev–Trinajstić information content (AvgIpc) is 2.23. The molecule has 1 rings (SSSR count). The van der Waals surface area contributed by atoms with Crippen molar-refractivity contribution in [3.63, 3.8) is 0 Å². The van der Waals surface area contributed by atoms with Crippen molar-refractivity contribution in [2.45, 2.75) is 13.3 Å². The Morgan fingerprint density at radius 2 is 2.07 bits per heavy atom. The number of benzene rings is 1. The van der Waals surface area contributed by atoms with Crippen molar-refractivity contribution in [2.24, 2.45) is 11.1 Å². The minimum absolute atomic E-state index is 0.274. The first-order valence-corrected chi connectivity index (χ1v) is 4.78. The van der Waals surface area contributed by atoms with E-state index in [1.807, 2.05) is 6.92 Å². The molecule has 2 N–H and O–H groups in total. The van der Waals surface area contributed by atoms with Gasteiger partial charge < -0.3 is 5.73 Å². The van der Waals surface area contributed by atoms with E-state index in [2.05, 4.69) is 6.58 Å². The standard InChI is InChI=1S/C12H15F2N/c1-3-12(2,8-15)7-9-4-5-10(13)11(14)6-9/h3-6H,1,7-8,15H2,2H3. The highest BCUT2D eigenvalue weighted by Gasteiger charge is 2.19. The van der Waals surface area contributed by atoms with E-state index >= 15 is 0 Å². The molecule has 1 nitrogen and oxygen atoms in total. The minimum atomic E-state index is -0.827. The van der Waals surface area contributed by atoms with Crippen LogP contribution in [0, 0.1) is 17.0 Å². The van der Waals surface area contributed by atoms with E-state index in [0.717, 1.165) is 11.6 Å². The molecule has 0 spiro atoms. The number of nitrogens with two attached hydrogens (primary N) is 1. The second kappa shape index (κ2) is 4.53. The van der Waals surface area contributed by atoms with Crippen molar-refractivity contribution in [1.82, 2.24) is 0 Å². The summed E-state index contributed by atoms with van der Waals surface area (Å²) < 4.78 is 25.6. The van der Waals surface area contributed by atoms with Gasteiger partial charge in [-0.15, -0.1) is 6.58 Å². The first kappa shape index (κ1) is 11.9. The Hall–Kier alpha value is -1.22. The molecule has 1 aromatic carbocycles. The van der Waals surface area contributed by atoms with Crippen molar-refractivity contribution in [3.05, 3.63) is 48.1 Å². The zero-order valence-electron chi connectivity index (χ0n) is 8.76. The summed E-state index contributed by atoms with van der Waals surface area (Å²) in [6.45, 7) is 6.05. The second-order valence-electron chi connectivity index (χ2n) is 3.99. The summed E-state index contributed by atoms with van der Waals surface area (Å²) in [5.74, 6) is -1.65. The van der Waals surface area contributed by atoms with E-state index < -0.39 is 11.6 Å². The van der Waals surface area contributed by atoms with E-state index in [4.69, 9.17) is 5.73 Å². The molecule has 0 heterocycles. The summed E-state index contributed by atoms with van der Waals surface area (Å²) in [6, 6.07) is 3.90. The number of hydrogen-bond donors (Lipinski definition) is 1. The minimum Gasteiger partial charge on any atom is -0.330 e. The van der Waals surface area contributed by atoms with Crippen LogP contribution in [0.5, 0.6) is 0 Å². The van der Waals surface area contributed by atoms with Crippen LogP contribution >= 0.6 is 0 Å². The number of rotatable bonds is 4. The lowest BCUT2D eigenvalue weighted by atomic mass is 9.84. The molecular weight excluding hydrogens is 196 g/mol. The third-order valence-corrected chi connectivity index (χ3v) is 2.55. The zero-order chi connectivity index (χ0) is 11.5. The van der Waals surface area contributed by atoms with Gasteiger partial charge in [0.2, 0.25) is 0 Å².